The molecule has 0 spiro atoms. The van der Waals surface area contributed by atoms with Crippen molar-refractivity contribution in [2.45, 2.75) is 31.2 Å². The number of fused-ring (bicyclic) bond motifs is 1. The van der Waals surface area contributed by atoms with Crippen molar-refractivity contribution >= 4 is 16.9 Å². The van der Waals surface area contributed by atoms with Gasteiger partial charge in [-0.25, -0.2) is 0 Å². The molecule has 28 heavy (non-hydrogen) atoms. The van der Waals surface area contributed by atoms with Gasteiger partial charge in [-0.3, -0.25) is 9.78 Å². The van der Waals surface area contributed by atoms with Gasteiger partial charge < -0.3 is 15.6 Å². The van der Waals surface area contributed by atoms with Crippen LogP contribution in [0.25, 0.3) is 11.0 Å². The second-order valence-electron chi connectivity index (χ2n) is 7.37. The van der Waals surface area contributed by atoms with Gasteiger partial charge in [0.05, 0.1) is 28.7 Å². The Morgan fingerprint density at radius 1 is 1.32 bits per heavy atom. The van der Waals surface area contributed by atoms with Crippen LogP contribution in [0.1, 0.15) is 35.4 Å². The average molecular weight is 373 g/mol. The molecule has 6 nitrogen and oxygen atoms in total. The summed E-state index contributed by atoms with van der Waals surface area (Å²) < 4.78 is 0. The summed E-state index contributed by atoms with van der Waals surface area (Å²) in [6.45, 7) is 1.41. The molecule has 0 aliphatic carbocycles. The van der Waals surface area contributed by atoms with Crippen LogP contribution in [-0.2, 0) is 11.2 Å². The fourth-order valence-electron chi connectivity index (χ4n) is 4.04. The smallest absolute Gasteiger partial charge is 0.239 e. The van der Waals surface area contributed by atoms with E-state index in [0.717, 1.165) is 29.4 Å². The molecule has 0 saturated carbocycles. The van der Waals surface area contributed by atoms with E-state index >= 15 is 0 Å². The SMILES string of the molecule is N#Cc1cccc(CC(N)C(=O)N2CCC(c3c[nH]c4cccnc34)CC2)c1. The molecule has 1 amide bonds. The average Bonchev–Trinajstić information content (AvgIpc) is 3.17. The van der Waals surface area contributed by atoms with Crippen LogP contribution in [0, 0.1) is 11.3 Å². The monoisotopic (exact) mass is 373 g/mol. The van der Waals surface area contributed by atoms with Crippen molar-refractivity contribution in [2.75, 3.05) is 13.1 Å². The fourth-order valence-corrected chi connectivity index (χ4v) is 4.04. The number of benzene rings is 1. The number of nitriles is 1. The van der Waals surface area contributed by atoms with Gasteiger partial charge in [-0.05, 0) is 60.6 Å². The standard InChI is InChI=1S/C22H23N5O/c23-13-16-4-1-3-15(11-16)12-19(24)22(28)27-9-6-17(7-10-27)18-14-26-20-5-2-8-25-21(18)20/h1-5,8,11,14,17,19,26H,6-7,9-10,12,24H2. The Hall–Kier alpha value is -3.17. The summed E-state index contributed by atoms with van der Waals surface area (Å²) in [4.78, 5) is 22.4. The van der Waals surface area contributed by atoms with Crippen LogP contribution in [0.3, 0.4) is 0 Å². The highest BCUT2D eigenvalue weighted by Crippen LogP contribution is 2.32. The number of rotatable bonds is 4. The summed E-state index contributed by atoms with van der Waals surface area (Å²) in [5.41, 5.74) is 11.0. The Morgan fingerprint density at radius 2 is 2.14 bits per heavy atom. The first kappa shape index (κ1) is 18.2. The van der Waals surface area contributed by atoms with Gasteiger partial charge >= 0.3 is 0 Å². The summed E-state index contributed by atoms with van der Waals surface area (Å²) >= 11 is 0. The van der Waals surface area contributed by atoms with Gasteiger partial charge in [0.1, 0.15) is 0 Å². The Balaban J connectivity index is 1.37. The number of carbonyl (C=O) groups is 1. The number of carbonyl (C=O) groups excluding carboxylic acids is 1. The Labute approximate surface area is 164 Å². The first-order chi connectivity index (χ1) is 13.7. The number of nitrogens with one attached hydrogen (secondary N) is 1. The van der Waals surface area contributed by atoms with Crippen LogP contribution in [0.2, 0.25) is 0 Å². The minimum absolute atomic E-state index is 0.0159. The third kappa shape index (κ3) is 3.62. The van der Waals surface area contributed by atoms with Crippen molar-refractivity contribution in [1.82, 2.24) is 14.9 Å². The number of amides is 1. The zero-order valence-electron chi connectivity index (χ0n) is 15.6. The van der Waals surface area contributed by atoms with Gasteiger partial charge in [-0.15, -0.1) is 0 Å². The number of pyridine rings is 1. The molecule has 2 aromatic heterocycles. The van der Waals surface area contributed by atoms with Crippen molar-refractivity contribution in [2.24, 2.45) is 5.73 Å². The molecule has 1 aliphatic heterocycles. The molecule has 3 N–H and O–H groups in total. The summed E-state index contributed by atoms with van der Waals surface area (Å²) in [7, 11) is 0. The number of piperidine rings is 1. The van der Waals surface area contributed by atoms with E-state index in [1.807, 2.05) is 41.6 Å². The van der Waals surface area contributed by atoms with Crippen LogP contribution >= 0.6 is 0 Å². The van der Waals surface area contributed by atoms with E-state index in [4.69, 9.17) is 11.0 Å². The van der Waals surface area contributed by atoms with E-state index in [9.17, 15) is 4.79 Å². The maximum absolute atomic E-state index is 12.8. The minimum Gasteiger partial charge on any atom is -0.360 e. The molecule has 1 aromatic carbocycles. The lowest BCUT2D eigenvalue weighted by molar-refractivity contribution is -0.133. The third-order valence-electron chi connectivity index (χ3n) is 5.54. The Bertz CT molecular complexity index is 1030. The van der Waals surface area contributed by atoms with Gasteiger partial charge in [0.15, 0.2) is 0 Å². The molecule has 0 radical (unpaired) electrons. The molecule has 142 valence electrons. The van der Waals surface area contributed by atoms with E-state index in [-0.39, 0.29) is 5.91 Å². The third-order valence-corrected chi connectivity index (χ3v) is 5.54. The van der Waals surface area contributed by atoms with E-state index < -0.39 is 6.04 Å². The summed E-state index contributed by atoms with van der Waals surface area (Å²) in [5.74, 6) is 0.383. The number of aromatic amines is 1. The summed E-state index contributed by atoms with van der Waals surface area (Å²) in [6, 6.07) is 12.8. The lowest BCUT2D eigenvalue weighted by atomic mass is 9.90. The number of H-pyrrole nitrogens is 1. The molecule has 0 bridgehead atoms. The zero-order chi connectivity index (χ0) is 19.5. The van der Waals surface area contributed by atoms with Crippen molar-refractivity contribution in [3.63, 3.8) is 0 Å². The number of nitrogens with two attached hydrogens (primary N) is 1. The van der Waals surface area contributed by atoms with Crippen molar-refractivity contribution < 1.29 is 4.79 Å². The highest BCUT2D eigenvalue weighted by Gasteiger charge is 2.28. The first-order valence-electron chi connectivity index (χ1n) is 9.61. The molecular weight excluding hydrogens is 350 g/mol. The summed E-state index contributed by atoms with van der Waals surface area (Å²) in [5, 5.41) is 9.02. The highest BCUT2D eigenvalue weighted by atomic mass is 16.2. The number of likely N-dealkylation sites (tertiary alicyclic amines) is 1. The van der Waals surface area contributed by atoms with Crippen LogP contribution < -0.4 is 5.73 Å². The molecule has 1 unspecified atom stereocenters. The van der Waals surface area contributed by atoms with Gasteiger partial charge in [0.2, 0.25) is 5.91 Å². The van der Waals surface area contributed by atoms with E-state index in [2.05, 4.69) is 16.0 Å². The molecule has 3 aromatic rings. The maximum atomic E-state index is 12.8. The van der Waals surface area contributed by atoms with Gasteiger partial charge in [-0.2, -0.15) is 5.26 Å². The lowest BCUT2D eigenvalue weighted by Crippen LogP contribution is -2.47. The van der Waals surface area contributed by atoms with E-state index in [0.29, 0.717) is 31.0 Å². The van der Waals surface area contributed by atoms with Crippen molar-refractivity contribution in [3.05, 3.63) is 65.5 Å². The number of nitrogens with zero attached hydrogens (tertiary/aromatic N) is 3. The van der Waals surface area contributed by atoms with E-state index in [1.54, 1.807) is 12.1 Å². The van der Waals surface area contributed by atoms with Crippen molar-refractivity contribution in [3.8, 4) is 6.07 Å². The second-order valence-corrected chi connectivity index (χ2v) is 7.37. The van der Waals surface area contributed by atoms with E-state index in [1.165, 1.54) is 5.56 Å². The lowest BCUT2D eigenvalue weighted by Gasteiger charge is -2.33. The molecule has 1 saturated heterocycles. The molecule has 4 rings (SSSR count). The number of hydrogen-bond donors (Lipinski definition) is 2. The largest absolute Gasteiger partial charge is 0.360 e. The number of aromatic nitrogens is 2. The van der Waals surface area contributed by atoms with Crippen molar-refractivity contribution in [1.29, 1.82) is 5.26 Å². The van der Waals surface area contributed by atoms with Crippen LogP contribution in [0.4, 0.5) is 0 Å². The fraction of sp³-hybridized carbons (Fsp3) is 0.318. The normalized spacial score (nSPS) is 16.1. The molecule has 6 heteroatoms. The van der Waals surface area contributed by atoms with Gasteiger partial charge in [-0.1, -0.05) is 12.1 Å². The first-order valence-corrected chi connectivity index (χ1v) is 9.61. The minimum atomic E-state index is -0.583. The predicted octanol–water partition coefficient (Wildman–Crippen LogP) is 2.71. The van der Waals surface area contributed by atoms with Crippen LogP contribution in [0.15, 0.2) is 48.8 Å². The Morgan fingerprint density at radius 3 is 2.93 bits per heavy atom. The topological polar surface area (TPSA) is 98.8 Å². The van der Waals surface area contributed by atoms with Crippen LogP contribution in [0.5, 0.6) is 0 Å². The maximum Gasteiger partial charge on any atom is 0.239 e. The quantitative estimate of drug-likeness (QED) is 0.734. The number of hydrogen-bond acceptors (Lipinski definition) is 4. The molecule has 1 aliphatic rings. The molecule has 3 heterocycles. The zero-order valence-corrected chi connectivity index (χ0v) is 15.6. The van der Waals surface area contributed by atoms with Gasteiger partial charge in [0, 0.05) is 25.5 Å². The summed E-state index contributed by atoms with van der Waals surface area (Å²) in [6.07, 6.45) is 6.13. The van der Waals surface area contributed by atoms with Gasteiger partial charge in [0.25, 0.3) is 0 Å². The molecule has 1 atom stereocenters. The predicted molar refractivity (Wildman–Crippen MR) is 107 cm³/mol. The van der Waals surface area contributed by atoms with Crippen LogP contribution in [-0.4, -0.2) is 39.9 Å². The molecule has 1 fully saturated rings. The Kier molecular flexibility index (Phi) is 5.09. The highest BCUT2D eigenvalue weighted by molar-refractivity contribution is 5.82. The molecular formula is C22H23N5O. The second kappa shape index (κ2) is 7.83.